The Morgan fingerprint density at radius 2 is 2.00 bits per heavy atom. The first-order valence-corrected chi connectivity index (χ1v) is 6.40. The van der Waals surface area contributed by atoms with Gasteiger partial charge in [0.15, 0.2) is 0 Å². The molecule has 0 amide bonds. The second-order valence-corrected chi connectivity index (χ2v) is 5.12. The van der Waals surface area contributed by atoms with Gasteiger partial charge in [-0.15, -0.1) is 0 Å². The van der Waals surface area contributed by atoms with E-state index in [0.29, 0.717) is 5.92 Å². The van der Waals surface area contributed by atoms with Crippen molar-refractivity contribution in [1.82, 2.24) is 10.2 Å². The van der Waals surface area contributed by atoms with E-state index in [-0.39, 0.29) is 6.10 Å². The zero-order valence-corrected chi connectivity index (χ0v) is 9.78. The molecule has 2 atom stereocenters. The summed E-state index contributed by atoms with van der Waals surface area (Å²) in [5.74, 6) is 0.508. The fraction of sp³-hybridized carbons (Fsp3) is 1.00. The predicted molar refractivity (Wildman–Crippen MR) is 61.9 cm³/mol. The Morgan fingerprint density at radius 3 is 2.67 bits per heavy atom. The van der Waals surface area contributed by atoms with Gasteiger partial charge in [0.05, 0.1) is 6.10 Å². The smallest absolute Gasteiger partial charge is 0.0552 e. The highest BCUT2D eigenvalue weighted by Gasteiger charge is 2.28. The van der Waals surface area contributed by atoms with Crippen molar-refractivity contribution < 1.29 is 5.11 Å². The van der Waals surface area contributed by atoms with Gasteiger partial charge < -0.3 is 10.4 Å². The molecular formula is C12H24N2O. The monoisotopic (exact) mass is 212 g/mol. The van der Waals surface area contributed by atoms with Crippen LogP contribution in [0.2, 0.25) is 0 Å². The molecule has 2 aliphatic rings. The van der Waals surface area contributed by atoms with E-state index in [1.165, 1.54) is 45.3 Å². The van der Waals surface area contributed by atoms with Crippen LogP contribution in [0.5, 0.6) is 0 Å². The second-order valence-electron chi connectivity index (χ2n) is 5.12. The highest BCUT2D eigenvalue weighted by molar-refractivity contribution is 4.83. The van der Waals surface area contributed by atoms with Crippen molar-refractivity contribution in [2.45, 2.75) is 44.8 Å². The van der Waals surface area contributed by atoms with Gasteiger partial charge in [0.1, 0.15) is 0 Å². The lowest BCUT2D eigenvalue weighted by Gasteiger charge is -2.40. The van der Waals surface area contributed by atoms with Gasteiger partial charge >= 0.3 is 0 Å². The van der Waals surface area contributed by atoms with Crippen molar-refractivity contribution in [2.24, 2.45) is 5.92 Å². The molecule has 0 spiro atoms. The number of nitrogens with zero attached hydrogens (tertiary/aromatic N) is 1. The number of aliphatic hydroxyl groups is 1. The van der Waals surface area contributed by atoms with Crippen LogP contribution in [0.3, 0.4) is 0 Å². The highest BCUT2D eigenvalue weighted by atomic mass is 16.3. The van der Waals surface area contributed by atoms with E-state index in [4.69, 9.17) is 0 Å². The third-order valence-corrected chi connectivity index (χ3v) is 4.00. The largest absolute Gasteiger partial charge is 0.393 e. The fourth-order valence-electron chi connectivity index (χ4n) is 2.94. The highest BCUT2D eigenvalue weighted by Crippen LogP contribution is 2.24. The molecule has 0 aromatic heterocycles. The van der Waals surface area contributed by atoms with Crippen LogP contribution in [0, 0.1) is 5.92 Å². The van der Waals surface area contributed by atoms with E-state index in [9.17, 15) is 5.11 Å². The fourth-order valence-corrected chi connectivity index (χ4v) is 2.94. The van der Waals surface area contributed by atoms with Gasteiger partial charge in [-0.2, -0.15) is 0 Å². The number of hydrogen-bond donors (Lipinski definition) is 2. The topological polar surface area (TPSA) is 35.5 Å². The van der Waals surface area contributed by atoms with Crippen LogP contribution in [0.15, 0.2) is 0 Å². The van der Waals surface area contributed by atoms with Crippen molar-refractivity contribution in [1.29, 1.82) is 0 Å². The van der Waals surface area contributed by atoms with Crippen LogP contribution in [0.25, 0.3) is 0 Å². The lowest BCUT2D eigenvalue weighted by Crippen LogP contribution is -2.48. The number of nitrogens with one attached hydrogen (secondary N) is 1. The van der Waals surface area contributed by atoms with E-state index in [1.807, 2.05) is 6.92 Å². The molecule has 88 valence electrons. The quantitative estimate of drug-likeness (QED) is 0.712. The third kappa shape index (κ3) is 2.92. The van der Waals surface area contributed by atoms with Crippen molar-refractivity contribution in [2.75, 3.05) is 26.2 Å². The molecule has 2 fully saturated rings. The van der Waals surface area contributed by atoms with Crippen molar-refractivity contribution in [3.63, 3.8) is 0 Å². The molecule has 0 aliphatic carbocycles. The predicted octanol–water partition coefficient (Wildman–Crippen LogP) is 0.831. The van der Waals surface area contributed by atoms with Crippen LogP contribution in [-0.2, 0) is 0 Å². The molecule has 2 saturated heterocycles. The molecule has 0 radical (unpaired) electrons. The molecule has 2 rings (SSSR count). The molecule has 15 heavy (non-hydrogen) atoms. The first-order valence-electron chi connectivity index (χ1n) is 6.40. The van der Waals surface area contributed by atoms with E-state index in [0.717, 1.165) is 12.6 Å². The van der Waals surface area contributed by atoms with Crippen LogP contribution in [0.4, 0.5) is 0 Å². The maximum absolute atomic E-state index is 9.65. The van der Waals surface area contributed by atoms with Crippen LogP contribution in [-0.4, -0.2) is 48.3 Å². The summed E-state index contributed by atoms with van der Waals surface area (Å²) in [5, 5.41) is 13.1. The summed E-state index contributed by atoms with van der Waals surface area (Å²) in [6, 6.07) is 0.771. The van der Waals surface area contributed by atoms with Gasteiger partial charge in [0.2, 0.25) is 0 Å². The Kier molecular flexibility index (Phi) is 4.00. The summed E-state index contributed by atoms with van der Waals surface area (Å²) in [5.41, 5.74) is 0. The van der Waals surface area contributed by atoms with Crippen molar-refractivity contribution in [3.8, 4) is 0 Å². The number of rotatable bonds is 2. The summed E-state index contributed by atoms with van der Waals surface area (Å²) in [7, 11) is 0. The lowest BCUT2D eigenvalue weighted by molar-refractivity contribution is 0.0369. The van der Waals surface area contributed by atoms with Gasteiger partial charge in [0.25, 0.3) is 0 Å². The minimum atomic E-state index is -0.130. The zero-order chi connectivity index (χ0) is 10.7. The number of aliphatic hydroxyl groups excluding tert-OH is 1. The van der Waals surface area contributed by atoms with Gasteiger partial charge in [-0.1, -0.05) is 0 Å². The Morgan fingerprint density at radius 1 is 1.27 bits per heavy atom. The first kappa shape index (κ1) is 11.4. The van der Waals surface area contributed by atoms with Crippen LogP contribution in [0.1, 0.15) is 32.6 Å². The number of hydrogen-bond acceptors (Lipinski definition) is 3. The molecule has 2 aliphatic heterocycles. The van der Waals surface area contributed by atoms with Crippen LogP contribution < -0.4 is 5.32 Å². The minimum absolute atomic E-state index is 0.130. The van der Waals surface area contributed by atoms with E-state index < -0.39 is 0 Å². The molecule has 3 heteroatoms. The molecule has 0 aromatic rings. The standard InChI is InChI=1S/C12H24N2O/c1-10(15)11-3-2-8-14(9-11)12-4-6-13-7-5-12/h10-13,15H,2-9H2,1H3. The maximum atomic E-state index is 9.65. The molecule has 0 aromatic carbocycles. The Balaban J connectivity index is 1.85. The van der Waals surface area contributed by atoms with Crippen LogP contribution >= 0.6 is 0 Å². The minimum Gasteiger partial charge on any atom is -0.393 e. The molecule has 2 heterocycles. The summed E-state index contributed by atoms with van der Waals surface area (Å²) < 4.78 is 0. The Bertz CT molecular complexity index is 190. The number of piperidine rings is 2. The normalized spacial score (nSPS) is 32.8. The van der Waals surface area contributed by atoms with Crippen molar-refractivity contribution in [3.05, 3.63) is 0 Å². The second kappa shape index (κ2) is 5.28. The molecule has 2 unspecified atom stereocenters. The first-order chi connectivity index (χ1) is 7.27. The average Bonchev–Trinajstić information content (AvgIpc) is 2.30. The SMILES string of the molecule is CC(O)C1CCCN(C2CCNCC2)C1. The summed E-state index contributed by atoms with van der Waals surface area (Å²) in [6.07, 6.45) is 4.91. The summed E-state index contributed by atoms with van der Waals surface area (Å²) in [4.78, 5) is 2.61. The van der Waals surface area contributed by atoms with Gasteiger partial charge in [-0.05, 0) is 58.2 Å². The van der Waals surface area contributed by atoms with E-state index in [1.54, 1.807) is 0 Å². The molecule has 3 nitrogen and oxygen atoms in total. The van der Waals surface area contributed by atoms with E-state index in [2.05, 4.69) is 10.2 Å². The number of likely N-dealkylation sites (tertiary alicyclic amines) is 1. The Hall–Kier alpha value is -0.120. The molecule has 0 saturated carbocycles. The zero-order valence-electron chi connectivity index (χ0n) is 9.78. The third-order valence-electron chi connectivity index (χ3n) is 4.00. The van der Waals surface area contributed by atoms with Crippen molar-refractivity contribution >= 4 is 0 Å². The average molecular weight is 212 g/mol. The van der Waals surface area contributed by atoms with Gasteiger partial charge in [0, 0.05) is 12.6 Å². The maximum Gasteiger partial charge on any atom is 0.0552 e. The summed E-state index contributed by atoms with van der Waals surface area (Å²) >= 11 is 0. The molecular weight excluding hydrogens is 188 g/mol. The van der Waals surface area contributed by atoms with E-state index >= 15 is 0 Å². The molecule has 2 N–H and O–H groups in total. The Labute approximate surface area is 92.8 Å². The molecule has 0 bridgehead atoms. The van der Waals surface area contributed by atoms with Gasteiger partial charge in [-0.3, -0.25) is 4.90 Å². The lowest BCUT2D eigenvalue weighted by atomic mass is 9.91. The van der Waals surface area contributed by atoms with Gasteiger partial charge in [-0.25, -0.2) is 0 Å². The summed E-state index contributed by atoms with van der Waals surface area (Å²) in [6.45, 7) is 6.63.